The molecule has 0 radical (unpaired) electrons. The maximum absolute atomic E-state index is 11.3. The van der Waals surface area contributed by atoms with E-state index in [1.807, 2.05) is 18.2 Å². The average Bonchev–Trinajstić information content (AvgIpc) is 4.02. The van der Waals surface area contributed by atoms with Crippen molar-refractivity contribution in [3.8, 4) is 11.5 Å². The van der Waals surface area contributed by atoms with E-state index in [1.165, 1.54) is 69.8 Å². The Balaban J connectivity index is 0.898. The maximum Gasteiger partial charge on any atom is 0.189 e. The van der Waals surface area contributed by atoms with E-state index >= 15 is 0 Å². The van der Waals surface area contributed by atoms with Crippen LogP contribution in [0.3, 0.4) is 0 Å². The molecule has 3 fully saturated rings. The molecule has 5 aliphatic rings. The van der Waals surface area contributed by atoms with Crippen LogP contribution in [0.15, 0.2) is 51.5 Å². The predicted octanol–water partition coefficient (Wildman–Crippen LogP) is 7.19. The van der Waals surface area contributed by atoms with Crippen molar-refractivity contribution in [1.29, 1.82) is 0 Å². The van der Waals surface area contributed by atoms with E-state index in [2.05, 4.69) is 28.6 Å². The number of rotatable bonds is 26. The maximum atomic E-state index is 11.3. The molecule has 0 aromatic heterocycles. The minimum atomic E-state index is -0.934. The molecule has 6 rings (SSSR count). The fourth-order valence-corrected chi connectivity index (χ4v) is 10.9. The van der Waals surface area contributed by atoms with E-state index in [9.17, 15) is 20.4 Å². The topological polar surface area (TPSA) is 200 Å². The van der Waals surface area contributed by atoms with Crippen LogP contribution in [-0.4, -0.2) is 95.8 Å². The number of benzene rings is 1. The van der Waals surface area contributed by atoms with Crippen molar-refractivity contribution in [1.82, 2.24) is 10.6 Å². The summed E-state index contributed by atoms with van der Waals surface area (Å²) in [7, 11) is 0. The highest BCUT2D eigenvalue weighted by Gasteiger charge is 2.47. The molecular formula is C51H82N6O6. The Hall–Kier alpha value is -3.26. The number of nitrogens with zero attached hydrogens (tertiary/aromatic N) is 2. The molecule has 12 heteroatoms. The zero-order chi connectivity index (χ0) is 44.6. The molecule has 3 saturated carbocycles. The summed E-state index contributed by atoms with van der Waals surface area (Å²) in [6.45, 7) is 6.87. The Labute approximate surface area is 378 Å². The first-order valence-electron chi connectivity index (χ1n) is 24.9. The molecule has 0 saturated heterocycles. The lowest BCUT2D eigenvalue weighted by Gasteiger charge is -2.25. The second kappa shape index (κ2) is 25.4. The number of aromatic hydroxyl groups is 1. The van der Waals surface area contributed by atoms with Crippen LogP contribution in [0, 0.1) is 41.7 Å². The third-order valence-electron chi connectivity index (χ3n) is 14.5. The van der Waals surface area contributed by atoms with E-state index in [-0.39, 0.29) is 25.1 Å². The number of nitrogens with one attached hydrogen (secondary N) is 2. The lowest BCUT2D eigenvalue weighted by Crippen LogP contribution is -2.41. The summed E-state index contributed by atoms with van der Waals surface area (Å²) in [5, 5.41) is 48.9. The normalized spacial score (nSPS) is 24.9. The van der Waals surface area contributed by atoms with Gasteiger partial charge < -0.3 is 52.0 Å². The summed E-state index contributed by atoms with van der Waals surface area (Å²) in [5.41, 5.74) is 16.4. The summed E-state index contributed by atoms with van der Waals surface area (Å²) in [6.07, 6.45) is 25.6. The Kier molecular flexibility index (Phi) is 19.9. The first kappa shape index (κ1) is 49.2. The van der Waals surface area contributed by atoms with Crippen LogP contribution in [0.1, 0.15) is 141 Å². The number of aliphatic hydroxyl groups excluding tert-OH is 3. The van der Waals surface area contributed by atoms with Crippen molar-refractivity contribution in [3.63, 3.8) is 0 Å². The average molecular weight is 875 g/mol. The molecule has 2 heterocycles. The molecule has 0 amide bonds. The van der Waals surface area contributed by atoms with Crippen LogP contribution in [-0.2, 0) is 11.2 Å². The van der Waals surface area contributed by atoms with Gasteiger partial charge in [0.2, 0.25) is 0 Å². The fourth-order valence-electron chi connectivity index (χ4n) is 10.9. The van der Waals surface area contributed by atoms with Gasteiger partial charge in [0.05, 0.1) is 18.1 Å². The summed E-state index contributed by atoms with van der Waals surface area (Å²) in [6, 6.07) is 6.46. The molecule has 63 heavy (non-hydrogen) atoms. The van der Waals surface area contributed by atoms with E-state index in [4.69, 9.17) is 25.9 Å². The summed E-state index contributed by atoms with van der Waals surface area (Å²) < 4.78 is 12.4. The number of hydrogen-bond acceptors (Lipinski definition) is 10. The number of ether oxygens (including phenoxy) is 2. The predicted molar refractivity (Wildman–Crippen MR) is 253 cm³/mol. The highest BCUT2D eigenvalue weighted by atomic mass is 16.5. The van der Waals surface area contributed by atoms with Gasteiger partial charge in [0.15, 0.2) is 35.3 Å². The fraction of sp³-hybridized carbons (Fsp3) is 0.725. The van der Waals surface area contributed by atoms with Crippen molar-refractivity contribution in [2.24, 2.45) is 51.0 Å². The molecular weight excluding hydrogens is 793 g/mol. The number of hydrogen-bond donors (Lipinski definition) is 8. The van der Waals surface area contributed by atoms with E-state index < -0.39 is 12.2 Å². The van der Waals surface area contributed by atoms with Gasteiger partial charge in [-0.25, -0.2) is 0 Å². The SMILES string of the molecule is C[C@@H](CCC[C@@H](CCN)CCCCC1O[C-](CCc2ccc(O)c(OC[C@H](O)[C+]3C=C4C(=N3)CC[C@H]3CCC[C@@H]3[C@@H]4CNC[C@H](C)O)c2)C=C1CO)CN=C(N)NC1CCCCC1. The van der Waals surface area contributed by atoms with Gasteiger partial charge >= 0.3 is 0 Å². The van der Waals surface area contributed by atoms with Crippen LogP contribution in [0.25, 0.3) is 0 Å². The van der Waals surface area contributed by atoms with Crippen LogP contribution >= 0.6 is 0 Å². The summed E-state index contributed by atoms with van der Waals surface area (Å²) in [4.78, 5) is 9.58. The van der Waals surface area contributed by atoms with Crippen molar-refractivity contribution in [2.75, 3.05) is 39.4 Å². The number of phenolic OH excluding ortho intramolecular Hbond substituents is 1. The molecule has 1 aromatic carbocycles. The van der Waals surface area contributed by atoms with Gasteiger partial charge in [-0.15, -0.1) is 4.99 Å². The molecule has 0 bridgehead atoms. The van der Waals surface area contributed by atoms with Crippen molar-refractivity contribution < 1.29 is 29.9 Å². The van der Waals surface area contributed by atoms with E-state index in [0.29, 0.717) is 79.3 Å². The number of guanidine groups is 1. The van der Waals surface area contributed by atoms with Crippen LogP contribution in [0.4, 0.5) is 0 Å². The van der Waals surface area contributed by atoms with E-state index in [1.54, 1.807) is 13.0 Å². The second-order valence-corrected chi connectivity index (χ2v) is 19.6. The Morgan fingerprint density at radius 3 is 2.65 bits per heavy atom. The van der Waals surface area contributed by atoms with E-state index in [0.717, 1.165) is 87.4 Å². The first-order chi connectivity index (χ1) is 30.6. The molecule has 12 nitrogen and oxygen atoms in total. The molecule has 10 N–H and O–H groups in total. The molecule has 2 aliphatic heterocycles. The first-order valence-corrected chi connectivity index (χ1v) is 24.9. The van der Waals surface area contributed by atoms with Crippen molar-refractivity contribution in [3.05, 3.63) is 59.2 Å². The van der Waals surface area contributed by atoms with Crippen LogP contribution in [0.2, 0.25) is 0 Å². The zero-order valence-electron chi connectivity index (χ0n) is 38.6. The third kappa shape index (κ3) is 15.1. The van der Waals surface area contributed by atoms with Gasteiger partial charge in [-0.05, 0) is 106 Å². The van der Waals surface area contributed by atoms with Crippen LogP contribution in [0.5, 0.6) is 11.5 Å². The standard InChI is InChI=1S/C51H82N6O6/c1-34(29-55-51(53)56-40-14-4-3-5-15-40)10-8-12-36(24-25-52)11-6-7-17-49-39(32-58)27-41(63-49)21-18-37-19-23-47(60)50(26-37)62-33-48(61)46-28-43-44(31-54-30-35(2)59)42-16-9-13-38(42)20-22-45(43)57-46/h19,23,26-28,34-36,38,40,42,44,48-49,54,58-61H,3-18,20-22,24-25,29-33,52H2,1-2H3,(H3,53,55,56)/t34-,35-,36-,38+,42-,44-,48-,49?/m0/s1. The van der Waals surface area contributed by atoms with Gasteiger partial charge in [-0.3, -0.25) is 4.99 Å². The Bertz CT molecular complexity index is 1660. The Morgan fingerprint density at radius 2 is 1.86 bits per heavy atom. The summed E-state index contributed by atoms with van der Waals surface area (Å²) in [5.74, 6) is 3.68. The molecule has 352 valence electrons. The van der Waals surface area contributed by atoms with Crippen molar-refractivity contribution in [2.45, 2.75) is 167 Å². The van der Waals surface area contributed by atoms with Crippen molar-refractivity contribution >= 4 is 11.7 Å². The minimum absolute atomic E-state index is 0.0170. The smallest absolute Gasteiger partial charge is 0.189 e. The highest BCUT2D eigenvalue weighted by Crippen LogP contribution is 2.47. The quantitative estimate of drug-likeness (QED) is 0.0204. The number of aliphatic hydroxyl groups is 3. The molecule has 3 aliphatic carbocycles. The summed E-state index contributed by atoms with van der Waals surface area (Å²) >= 11 is 0. The largest absolute Gasteiger partial charge is 0.504 e. The van der Waals surface area contributed by atoms with Gasteiger partial charge in [0.25, 0.3) is 0 Å². The monoisotopic (exact) mass is 875 g/mol. The Morgan fingerprint density at radius 1 is 1.03 bits per heavy atom. The highest BCUT2D eigenvalue weighted by molar-refractivity contribution is 6.04. The minimum Gasteiger partial charge on any atom is -0.504 e. The number of aryl methyl sites for hydroxylation is 1. The lowest BCUT2D eigenvalue weighted by atomic mass is 9.80. The van der Waals surface area contributed by atoms with Gasteiger partial charge in [-0.1, -0.05) is 89.7 Å². The number of unbranched alkanes of at least 4 members (excludes halogenated alkanes) is 1. The van der Waals surface area contributed by atoms with Gasteiger partial charge in [-0.2, -0.15) is 11.6 Å². The molecule has 8 atom stereocenters. The van der Waals surface area contributed by atoms with Gasteiger partial charge in [0, 0.05) is 44.8 Å². The molecule has 1 aromatic rings. The number of phenols is 1. The number of fused-ring (bicyclic) bond motifs is 2. The molecule has 1 unspecified atom stereocenters. The number of aliphatic imine (C=N–C) groups is 2. The third-order valence-corrected chi connectivity index (χ3v) is 14.5. The van der Waals surface area contributed by atoms with Gasteiger partial charge in [0.1, 0.15) is 12.2 Å². The zero-order valence-corrected chi connectivity index (χ0v) is 38.6. The second-order valence-electron chi connectivity index (χ2n) is 19.6. The van der Waals surface area contributed by atoms with Crippen LogP contribution < -0.4 is 26.8 Å². The number of nitrogens with two attached hydrogens (primary N) is 2. The molecule has 0 spiro atoms. The lowest BCUT2D eigenvalue weighted by molar-refractivity contribution is 0.102.